The van der Waals surface area contributed by atoms with Gasteiger partial charge in [0.1, 0.15) is 11.5 Å². The maximum atomic E-state index is 12.6. The van der Waals surface area contributed by atoms with E-state index in [9.17, 15) is 13.2 Å². The molecule has 1 aliphatic rings. The third-order valence-electron chi connectivity index (χ3n) is 4.69. The maximum Gasteiger partial charge on any atom is 0.261 e. The number of amides is 1. The molecule has 1 saturated heterocycles. The van der Waals surface area contributed by atoms with Crippen LogP contribution in [0.5, 0.6) is 11.5 Å². The summed E-state index contributed by atoms with van der Waals surface area (Å²) in [4.78, 5) is 14.0. The molecule has 7 nitrogen and oxygen atoms in total. The highest BCUT2D eigenvalue weighted by Crippen LogP contribution is 2.29. The molecule has 0 bridgehead atoms. The number of rotatable bonds is 8. The van der Waals surface area contributed by atoms with Crippen molar-refractivity contribution in [2.24, 2.45) is 0 Å². The molecule has 1 aliphatic heterocycles. The Bertz CT molecular complexity index is 973. The van der Waals surface area contributed by atoms with E-state index in [2.05, 4.69) is 4.72 Å². The quantitative estimate of drug-likeness (QED) is 0.655. The van der Waals surface area contributed by atoms with Gasteiger partial charge in [-0.05, 0) is 68.7 Å². The molecular weight excluding hydrogens is 428 g/mol. The van der Waals surface area contributed by atoms with Gasteiger partial charge >= 0.3 is 0 Å². The van der Waals surface area contributed by atoms with Crippen LogP contribution in [0.3, 0.4) is 0 Å². The van der Waals surface area contributed by atoms with E-state index < -0.39 is 10.0 Å². The molecule has 0 aromatic heterocycles. The zero-order valence-corrected chi connectivity index (χ0v) is 18.3. The zero-order valence-electron chi connectivity index (χ0n) is 16.8. The summed E-state index contributed by atoms with van der Waals surface area (Å²) in [5.41, 5.74) is 0.405. The van der Waals surface area contributed by atoms with Gasteiger partial charge < -0.3 is 14.4 Å². The minimum absolute atomic E-state index is 0.00362. The predicted molar refractivity (Wildman–Crippen MR) is 116 cm³/mol. The molecule has 1 amide bonds. The number of anilines is 1. The number of nitrogens with one attached hydrogen (secondary N) is 1. The summed E-state index contributed by atoms with van der Waals surface area (Å²) in [6.07, 6.45) is 3.14. The third kappa shape index (κ3) is 5.79. The van der Waals surface area contributed by atoms with Crippen molar-refractivity contribution in [3.05, 3.63) is 47.5 Å². The molecule has 2 aromatic rings. The van der Waals surface area contributed by atoms with Gasteiger partial charge in [0.25, 0.3) is 15.9 Å². The summed E-state index contributed by atoms with van der Waals surface area (Å²) >= 11 is 6.20. The van der Waals surface area contributed by atoms with Gasteiger partial charge in [0, 0.05) is 18.8 Å². The molecule has 0 saturated carbocycles. The van der Waals surface area contributed by atoms with Crippen molar-refractivity contribution in [1.82, 2.24) is 4.90 Å². The first-order chi connectivity index (χ1) is 14.4. The number of sulfonamides is 1. The van der Waals surface area contributed by atoms with Crippen molar-refractivity contribution in [2.45, 2.75) is 31.1 Å². The van der Waals surface area contributed by atoms with Gasteiger partial charge in [0.2, 0.25) is 0 Å². The van der Waals surface area contributed by atoms with Crippen LogP contribution in [0.25, 0.3) is 0 Å². The molecule has 0 atom stereocenters. The van der Waals surface area contributed by atoms with E-state index in [1.54, 1.807) is 29.2 Å². The fourth-order valence-corrected chi connectivity index (χ4v) is 4.52. The first-order valence-corrected chi connectivity index (χ1v) is 11.7. The molecule has 0 radical (unpaired) electrons. The molecule has 2 aromatic carbocycles. The number of hydrogen-bond donors (Lipinski definition) is 1. The number of carbonyl (C=O) groups is 1. The van der Waals surface area contributed by atoms with E-state index in [0.717, 1.165) is 32.4 Å². The molecule has 0 spiro atoms. The van der Waals surface area contributed by atoms with Crippen LogP contribution in [0.15, 0.2) is 47.4 Å². The van der Waals surface area contributed by atoms with Gasteiger partial charge in [-0.15, -0.1) is 0 Å². The highest BCUT2D eigenvalue weighted by Gasteiger charge is 2.19. The Morgan fingerprint density at radius 3 is 2.40 bits per heavy atom. The van der Waals surface area contributed by atoms with Crippen molar-refractivity contribution in [1.29, 1.82) is 0 Å². The Kier molecular flexibility index (Phi) is 7.44. The average Bonchev–Trinajstić information content (AvgIpc) is 2.74. The van der Waals surface area contributed by atoms with E-state index in [0.29, 0.717) is 18.0 Å². The summed E-state index contributed by atoms with van der Waals surface area (Å²) < 4.78 is 38.7. The number of piperidine rings is 1. The molecule has 1 N–H and O–H groups in total. The average molecular weight is 453 g/mol. The molecule has 9 heteroatoms. The first kappa shape index (κ1) is 22.2. The Hall–Kier alpha value is -2.45. The van der Waals surface area contributed by atoms with E-state index in [1.807, 2.05) is 6.92 Å². The Labute approximate surface area is 182 Å². The fraction of sp³-hybridized carbons (Fsp3) is 0.381. The second-order valence-corrected chi connectivity index (χ2v) is 8.97. The van der Waals surface area contributed by atoms with Crippen LogP contribution in [0, 0.1) is 0 Å². The SMILES string of the molecule is CCOc1ccc(NS(=O)(=O)c2ccc(OCC(=O)N3CCCCC3)c(Cl)c2)cc1. The van der Waals surface area contributed by atoms with Crippen molar-refractivity contribution in [2.75, 3.05) is 31.0 Å². The maximum absolute atomic E-state index is 12.6. The molecular formula is C21H25ClN2O5S. The summed E-state index contributed by atoms with van der Waals surface area (Å²) in [5, 5.41) is 0.121. The van der Waals surface area contributed by atoms with Crippen molar-refractivity contribution in [3.63, 3.8) is 0 Å². The Balaban J connectivity index is 1.63. The van der Waals surface area contributed by atoms with Crippen molar-refractivity contribution >= 4 is 33.2 Å². The number of carbonyl (C=O) groups excluding carboxylic acids is 1. The van der Waals surface area contributed by atoms with Gasteiger partial charge in [0.05, 0.1) is 16.5 Å². The summed E-state index contributed by atoms with van der Waals surface area (Å²) in [6, 6.07) is 10.8. The van der Waals surface area contributed by atoms with Crippen LogP contribution in [0.2, 0.25) is 5.02 Å². The Morgan fingerprint density at radius 2 is 1.77 bits per heavy atom. The summed E-state index contributed by atoms with van der Waals surface area (Å²) in [5.74, 6) is 0.825. The second kappa shape index (κ2) is 10.0. The number of halogens is 1. The summed E-state index contributed by atoms with van der Waals surface area (Å²) in [6.45, 7) is 3.75. The molecule has 1 heterocycles. The monoisotopic (exact) mass is 452 g/mol. The molecule has 0 aliphatic carbocycles. The number of nitrogens with zero attached hydrogens (tertiary/aromatic N) is 1. The smallest absolute Gasteiger partial charge is 0.261 e. The largest absolute Gasteiger partial charge is 0.494 e. The lowest BCUT2D eigenvalue weighted by Gasteiger charge is -2.26. The van der Waals surface area contributed by atoms with Gasteiger partial charge in [0.15, 0.2) is 6.61 Å². The van der Waals surface area contributed by atoms with E-state index in [4.69, 9.17) is 21.1 Å². The number of hydrogen-bond acceptors (Lipinski definition) is 5. The zero-order chi connectivity index (χ0) is 21.6. The molecule has 3 rings (SSSR count). The minimum Gasteiger partial charge on any atom is -0.494 e. The van der Waals surface area contributed by atoms with Crippen LogP contribution in [0.1, 0.15) is 26.2 Å². The van der Waals surface area contributed by atoms with Crippen LogP contribution in [0.4, 0.5) is 5.69 Å². The lowest BCUT2D eigenvalue weighted by molar-refractivity contribution is -0.134. The highest BCUT2D eigenvalue weighted by atomic mass is 35.5. The minimum atomic E-state index is -3.83. The van der Waals surface area contributed by atoms with Crippen molar-refractivity contribution < 1.29 is 22.7 Å². The number of ether oxygens (including phenoxy) is 2. The van der Waals surface area contributed by atoms with Gasteiger partial charge in [-0.2, -0.15) is 0 Å². The molecule has 162 valence electrons. The standard InChI is InChI=1S/C21H25ClN2O5S/c1-2-28-17-8-6-16(7-9-17)23-30(26,27)18-10-11-20(19(22)14-18)29-15-21(25)24-12-4-3-5-13-24/h6-11,14,23H,2-5,12-13,15H2,1H3. The van der Waals surface area contributed by atoms with Crippen LogP contribution >= 0.6 is 11.6 Å². The van der Waals surface area contributed by atoms with Crippen molar-refractivity contribution in [3.8, 4) is 11.5 Å². The second-order valence-electron chi connectivity index (χ2n) is 6.89. The number of likely N-dealkylation sites (tertiary alicyclic amines) is 1. The van der Waals surface area contributed by atoms with Gasteiger partial charge in [-0.25, -0.2) is 8.42 Å². The number of benzene rings is 2. The third-order valence-corrected chi connectivity index (χ3v) is 6.37. The molecule has 30 heavy (non-hydrogen) atoms. The van der Waals surface area contributed by atoms with Crippen LogP contribution < -0.4 is 14.2 Å². The van der Waals surface area contributed by atoms with E-state index in [1.165, 1.54) is 18.2 Å². The fourth-order valence-electron chi connectivity index (χ4n) is 3.14. The normalized spacial score (nSPS) is 14.3. The van der Waals surface area contributed by atoms with Crippen LogP contribution in [-0.2, 0) is 14.8 Å². The lowest BCUT2D eigenvalue weighted by atomic mass is 10.1. The summed E-state index contributed by atoms with van der Waals surface area (Å²) in [7, 11) is -3.83. The van der Waals surface area contributed by atoms with Gasteiger partial charge in [-0.3, -0.25) is 9.52 Å². The highest BCUT2D eigenvalue weighted by molar-refractivity contribution is 7.92. The topological polar surface area (TPSA) is 84.9 Å². The molecule has 1 fully saturated rings. The Morgan fingerprint density at radius 1 is 1.07 bits per heavy atom. The van der Waals surface area contributed by atoms with Crippen LogP contribution in [-0.4, -0.2) is 45.5 Å². The first-order valence-electron chi connectivity index (χ1n) is 9.85. The van der Waals surface area contributed by atoms with Gasteiger partial charge in [-0.1, -0.05) is 11.6 Å². The lowest BCUT2D eigenvalue weighted by Crippen LogP contribution is -2.38. The molecule has 0 unspecified atom stereocenters. The van der Waals surface area contributed by atoms with E-state index in [-0.39, 0.29) is 28.2 Å². The predicted octanol–water partition coefficient (Wildman–Crippen LogP) is 3.93. The van der Waals surface area contributed by atoms with E-state index >= 15 is 0 Å².